The lowest BCUT2D eigenvalue weighted by Crippen LogP contribution is -2.46. The van der Waals surface area contributed by atoms with Crippen molar-refractivity contribution >= 4 is 11.6 Å². The Morgan fingerprint density at radius 1 is 1.00 bits per heavy atom. The first-order valence-corrected chi connectivity index (χ1v) is 7.78. The number of hydrogen-bond donors (Lipinski definition) is 1. The number of para-hydroxylation sites is 1. The molecule has 0 bridgehead atoms. The Hall–Kier alpha value is -2.49. The monoisotopic (exact) mass is 311 g/mol. The number of carbonyl (C=O) groups excluding carboxylic acids is 1. The fourth-order valence-electron chi connectivity index (χ4n) is 3.11. The number of amides is 1. The van der Waals surface area contributed by atoms with Crippen molar-refractivity contribution in [3.63, 3.8) is 0 Å². The van der Waals surface area contributed by atoms with Gasteiger partial charge in [-0.1, -0.05) is 24.6 Å². The first-order chi connectivity index (χ1) is 11.2. The predicted molar refractivity (Wildman–Crippen MR) is 90.1 cm³/mol. The van der Waals surface area contributed by atoms with Crippen molar-refractivity contribution < 1.29 is 14.3 Å². The minimum atomic E-state index is -0.494. The Morgan fingerprint density at radius 3 is 2.26 bits per heavy atom. The zero-order valence-electron chi connectivity index (χ0n) is 13.5. The van der Waals surface area contributed by atoms with E-state index in [2.05, 4.69) is 5.32 Å². The van der Waals surface area contributed by atoms with Crippen LogP contribution in [0.5, 0.6) is 11.5 Å². The number of ether oxygens (including phenoxy) is 2. The summed E-state index contributed by atoms with van der Waals surface area (Å²) in [4.78, 5) is 12.9. The molecule has 1 aliphatic rings. The molecule has 4 heteroatoms. The van der Waals surface area contributed by atoms with E-state index < -0.39 is 5.41 Å². The molecule has 0 heterocycles. The van der Waals surface area contributed by atoms with Crippen molar-refractivity contribution in [2.24, 2.45) is 0 Å². The van der Waals surface area contributed by atoms with E-state index in [9.17, 15) is 4.79 Å². The van der Waals surface area contributed by atoms with Crippen molar-refractivity contribution in [2.75, 3.05) is 19.5 Å². The van der Waals surface area contributed by atoms with E-state index >= 15 is 0 Å². The number of benzene rings is 2. The van der Waals surface area contributed by atoms with Crippen LogP contribution >= 0.6 is 0 Å². The maximum absolute atomic E-state index is 12.9. The lowest BCUT2D eigenvalue weighted by Gasteiger charge is -2.41. The topological polar surface area (TPSA) is 47.6 Å². The van der Waals surface area contributed by atoms with Gasteiger partial charge < -0.3 is 14.8 Å². The van der Waals surface area contributed by atoms with Gasteiger partial charge in [0.15, 0.2) is 0 Å². The molecule has 1 aliphatic carbocycles. The molecular weight excluding hydrogens is 290 g/mol. The zero-order chi connectivity index (χ0) is 16.3. The molecule has 0 saturated heterocycles. The van der Waals surface area contributed by atoms with E-state index in [0.717, 1.165) is 42.0 Å². The van der Waals surface area contributed by atoms with E-state index in [-0.39, 0.29) is 5.91 Å². The Kier molecular flexibility index (Phi) is 4.24. The van der Waals surface area contributed by atoms with Gasteiger partial charge in [0, 0.05) is 11.3 Å². The highest BCUT2D eigenvalue weighted by Gasteiger charge is 2.47. The second-order valence-corrected chi connectivity index (χ2v) is 5.82. The maximum Gasteiger partial charge on any atom is 0.235 e. The molecule has 1 amide bonds. The van der Waals surface area contributed by atoms with Crippen LogP contribution in [0.1, 0.15) is 24.8 Å². The van der Waals surface area contributed by atoms with Crippen molar-refractivity contribution in [1.29, 1.82) is 0 Å². The van der Waals surface area contributed by atoms with Gasteiger partial charge in [-0.3, -0.25) is 4.79 Å². The summed E-state index contributed by atoms with van der Waals surface area (Å²) >= 11 is 0. The molecule has 0 unspecified atom stereocenters. The van der Waals surface area contributed by atoms with Crippen LogP contribution in [0.15, 0.2) is 48.5 Å². The standard InChI is InChI=1S/C19H21NO3/c1-22-15-10-8-14(9-11-15)20-18(21)19(12-5-13-19)16-6-3-4-7-17(16)23-2/h3-4,6-11H,5,12-13H2,1-2H3,(H,20,21). The first kappa shape index (κ1) is 15.4. The van der Waals surface area contributed by atoms with Gasteiger partial charge in [0.25, 0.3) is 0 Å². The lowest BCUT2D eigenvalue weighted by molar-refractivity contribution is -0.124. The Balaban J connectivity index is 1.86. The molecule has 3 rings (SSSR count). The van der Waals surface area contributed by atoms with Gasteiger partial charge in [0.2, 0.25) is 5.91 Å². The van der Waals surface area contributed by atoms with Crippen molar-refractivity contribution in [1.82, 2.24) is 0 Å². The van der Waals surface area contributed by atoms with Gasteiger partial charge in [0.05, 0.1) is 19.6 Å². The Labute approximate surface area is 136 Å². The van der Waals surface area contributed by atoms with Crippen molar-refractivity contribution in [3.8, 4) is 11.5 Å². The molecule has 0 aliphatic heterocycles. The van der Waals surface area contributed by atoms with E-state index in [0.29, 0.717) is 0 Å². The molecule has 2 aromatic carbocycles. The molecule has 23 heavy (non-hydrogen) atoms. The number of rotatable bonds is 5. The number of carbonyl (C=O) groups is 1. The lowest BCUT2D eigenvalue weighted by atomic mass is 9.63. The predicted octanol–water partition coefficient (Wildman–Crippen LogP) is 3.76. The number of hydrogen-bond acceptors (Lipinski definition) is 3. The van der Waals surface area contributed by atoms with Crippen molar-refractivity contribution in [3.05, 3.63) is 54.1 Å². The Bertz CT molecular complexity index is 690. The first-order valence-electron chi connectivity index (χ1n) is 7.78. The third-order valence-corrected chi connectivity index (χ3v) is 4.61. The van der Waals surface area contributed by atoms with Crippen LogP contribution in [-0.2, 0) is 10.2 Å². The van der Waals surface area contributed by atoms with E-state index in [1.165, 1.54) is 0 Å². The van der Waals surface area contributed by atoms with Gasteiger partial charge in [-0.25, -0.2) is 0 Å². The molecular formula is C19H21NO3. The van der Waals surface area contributed by atoms with Gasteiger partial charge in [-0.15, -0.1) is 0 Å². The van der Waals surface area contributed by atoms with E-state index in [1.807, 2.05) is 48.5 Å². The molecule has 0 atom stereocenters. The molecule has 0 radical (unpaired) electrons. The fraction of sp³-hybridized carbons (Fsp3) is 0.316. The highest BCUT2D eigenvalue weighted by atomic mass is 16.5. The van der Waals surface area contributed by atoms with Crippen LogP contribution in [0.3, 0.4) is 0 Å². The zero-order valence-corrected chi connectivity index (χ0v) is 13.5. The summed E-state index contributed by atoms with van der Waals surface area (Å²) in [7, 11) is 3.27. The van der Waals surface area contributed by atoms with E-state index in [1.54, 1.807) is 14.2 Å². The van der Waals surface area contributed by atoms with Crippen LogP contribution in [0.4, 0.5) is 5.69 Å². The second-order valence-electron chi connectivity index (χ2n) is 5.82. The molecule has 0 spiro atoms. The fourth-order valence-corrected chi connectivity index (χ4v) is 3.11. The molecule has 2 aromatic rings. The number of nitrogens with one attached hydrogen (secondary N) is 1. The minimum absolute atomic E-state index is 0.0263. The van der Waals surface area contributed by atoms with Gasteiger partial charge in [0.1, 0.15) is 11.5 Å². The molecule has 4 nitrogen and oxygen atoms in total. The van der Waals surface area contributed by atoms with Crippen LogP contribution in [0.2, 0.25) is 0 Å². The summed E-state index contributed by atoms with van der Waals surface area (Å²) in [6.45, 7) is 0. The summed E-state index contributed by atoms with van der Waals surface area (Å²) in [5.74, 6) is 1.57. The minimum Gasteiger partial charge on any atom is -0.497 e. The quantitative estimate of drug-likeness (QED) is 0.914. The van der Waals surface area contributed by atoms with Gasteiger partial charge in [-0.05, 0) is 43.2 Å². The normalized spacial score (nSPS) is 15.4. The van der Waals surface area contributed by atoms with Crippen LogP contribution in [-0.4, -0.2) is 20.1 Å². The molecule has 0 aromatic heterocycles. The second kappa shape index (κ2) is 6.32. The highest BCUT2D eigenvalue weighted by molar-refractivity contribution is 6.00. The summed E-state index contributed by atoms with van der Waals surface area (Å²) in [6.07, 6.45) is 2.73. The van der Waals surface area contributed by atoms with Crippen LogP contribution < -0.4 is 14.8 Å². The number of anilines is 1. The summed E-state index contributed by atoms with van der Waals surface area (Å²) in [5, 5.41) is 3.04. The smallest absolute Gasteiger partial charge is 0.235 e. The third-order valence-electron chi connectivity index (χ3n) is 4.61. The van der Waals surface area contributed by atoms with E-state index in [4.69, 9.17) is 9.47 Å². The summed E-state index contributed by atoms with van der Waals surface area (Å²) in [6, 6.07) is 15.2. The average molecular weight is 311 g/mol. The van der Waals surface area contributed by atoms with Gasteiger partial charge in [-0.2, -0.15) is 0 Å². The summed E-state index contributed by atoms with van der Waals surface area (Å²) in [5.41, 5.74) is 1.25. The highest BCUT2D eigenvalue weighted by Crippen LogP contribution is 2.47. The molecule has 1 saturated carbocycles. The SMILES string of the molecule is COc1ccc(NC(=O)C2(c3ccccc3OC)CCC2)cc1. The van der Waals surface area contributed by atoms with Crippen LogP contribution in [0.25, 0.3) is 0 Å². The molecule has 1 fully saturated rings. The van der Waals surface area contributed by atoms with Crippen LogP contribution in [0, 0.1) is 0 Å². The summed E-state index contributed by atoms with van der Waals surface area (Å²) < 4.78 is 10.6. The average Bonchev–Trinajstić information content (AvgIpc) is 2.55. The van der Waals surface area contributed by atoms with Gasteiger partial charge >= 0.3 is 0 Å². The maximum atomic E-state index is 12.9. The largest absolute Gasteiger partial charge is 0.497 e. The molecule has 1 N–H and O–H groups in total. The Morgan fingerprint density at radius 2 is 1.70 bits per heavy atom. The van der Waals surface area contributed by atoms with Crippen molar-refractivity contribution in [2.45, 2.75) is 24.7 Å². The number of methoxy groups -OCH3 is 2. The molecule has 120 valence electrons. The third kappa shape index (κ3) is 2.77.